The Hall–Kier alpha value is -2.27. The molecule has 0 bridgehead atoms. The first-order chi connectivity index (χ1) is 10.6. The molecule has 2 aromatic carbocycles. The lowest BCUT2D eigenvalue weighted by molar-refractivity contribution is 0.596. The summed E-state index contributed by atoms with van der Waals surface area (Å²) in [7, 11) is -1.32. The SMILES string of the molecule is CS(=O)c1ccc(NCc2cccc3cccnc23)cc1F. The summed E-state index contributed by atoms with van der Waals surface area (Å²) in [5.74, 6) is -0.457. The highest BCUT2D eigenvalue weighted by Crippen LogP contribution is 2.20. The van der Waals surface area contributed by atoms with Crippen molar-refractivity contribution in [3.05, 3.63) is 66.1 Å². The molecule has 1 N–H and O–H groups in total. The molecule has 0 fully saturated rings. The molecule has 0 amide bonds. The Morgan fingerprint density at radius 1 is 1.18 bits per heavy atom. The number of hydrogen-bond donors (Lipinski definition) is 1. The lowest BCUT2D eigenvalue weighted by Gasteiger charge is -2.10. The second kappa shape index (κ2) is 6.23. The number of rotatable bonds is 4. The molecule has 0 aliphatic rings. The van der Waals surface area contributed by atoms with Crippen molar-refractivity contribution in [3.63, 3.8) is 0 Å². The summed E-state index contributed by atoms with van der Waals surface area (Å²) in [6, 6.07) is 14.5. The molecule has 1 atom stereocenters. The van der Waals surface area contributed by atoms with Gasteiger partial charge in [-0.15, -0.1) is 0 Å². The lowest BCUT2D eigenvalue weighted by atomic mass is 10.1. The van der Waals surface area contributed by atoms with Crippen molar-refractivity contribution in [2.24, 2.45) is 0 Å². The third-order valence-corrected chi connectivity index (χ3v) is 4.39. The van der Waals surface area contributed by atoms with Crippen LogP contribution in [0.4, 0.5) is 10.1 Å². The summed E-state index contributed by atoms with van der Waals surface area (Å²) in [5.41, 5.74) is 2.63. The Kier molecular flexibility index (Phi) is 4.15. The number of para-hydroxylation sites is 1. The predicted molar refractivity (Wildman–Crippen MR) is 87.8 cm³/mol. The fourth-order valence-corrected chi connectivity index (χ4v) is 2.94. The summed E-state index contributed by atoms with van der Waals surface area (Å²) in [6.45, 7) is 0.544. The number of aromatic nitrogens is 1. The second-order valence-corrected chi connectivity index (χ2v) is 6.29. The molecule has 1 aromatic heterocycles. The molecule has 3 aromatic rings. The summed E-state index contributed by atoms with van der Waals surface area (Å²) in [6.07, 6.45) is 3.23. The summed E-state index contributed by atoms with van der Waals surface area (Å²) in [4.78, 5) is 4.61. The van der Waals surface area contributed by atoms with Gasteiger partial charge in [-0.2, -0.15) is 0 Å². The molecule has 3 rings (SSSR count). The average Bonchev–Trinajstić information content (AvgIpc) is 2.52. The highest BCUT2D eigenvalue weighted by Gasteiger charge is 2.07. The normalized spacial score (nSPS) is 12.3. The zero-order valence-electron chi connectivity index (χ0n) is 12.0. The van der Waals surface area contributed by atoms with E-state index in [0.717, 1.165) is 16.5 Å². The molecule has 3 nitrogen and oxygen atoms in total. The average molecular weight is 314 g/mol. The van der Waals surface area contributed by atoms with Gasteiger partial charge in [-0.05, 0) is 29.8 Å². The molecule has 1 heterocycles. The largest absolute Gasteiger partial charge is 0.381 e. The van der Waals surface area contributed by atoms with Crippen molar-refractivity contribution in [1.29, 1.82) is 0 Å². The Balaban J connectivity index is 1.82. The Morgan fingerprint density at radius 3 is 2.77 bits per heavy atom. The fourth-order valence-electron chi connectivity index (χ4n) is 2.35. The molecular formula is C17H15FN2OS. The van der Waals surface area contributed by atoms with Crippen LogP contribution in [0.3, 0.4) is 0 Å². The van der Waals surface area contributed by atoms with Gasteiger partial charge in [-0.3, -0.25) is 9.19 Å². The minimum absolute atomic E-state index is 0.220. The van der Waals surface area contributed by atoms with Gasteiger partial charge in [0.1, 0.15) is 5.82 Å². The van der Waals surface area contributed by atoms with Crippen molar-refractivity contribution in [1.82, 2.24) is 4.98 Å². The van der Waals surface area contributed by atoms with Crippen LogP contribution in [0, 0.1) is 5.82 Å². The van der Waals surface area contributed by atoms with E-state index in [2.05, 4.69) is 10.3 Å². The molecule has 0 aliphatic carbocycles. The quantitative estimate of drug-likeness (QED) is 0.798. The van der Waals surface area contributed by atoms with Gasteiger partial charge < -0.3 is 5.32 Å². The highest BCUT2D eigenvalue weighted by molar-refractivity contribution is 7.84. The van der Waals surface area contributed by atoms with Crippen LogP contribution < -0.4 is 5.32 Å². The first kappa shape index (κ1) is 14.7. The number of benzene rings is 2. The monoisotopic (exact) mass is 314 g/mol. The second-order valence-electron chi connectivity index (χ2n) is 4.95. The van der Waals surface area contributed by atoms with Crippen molar-refractivity contribution < 1.29 is 8.60 Å². The molecule has 22 heavy (non-hydrogen) atoms. The van der Waals surface area contributed by atoms with E-state index in [-0.39, 0.29) is 4.90 Å². The van der Waals surface area contributed by atoms with Gasteiger partial charge in [0.15, 0.2) is 0 Å². The Bertz CT molecular complexity index is 846. The van der Waals surface area contributed by atoms with Gasteiger partial charge in [-0.1, -0.05) is 24.3 Å². The zero-order valence-corrected chi connectivity index (χ0v) is 12.9. The maximum Gasteiger partial charge on any atom is 0.141 e. The van der Waals surface area contributed by atoms with Crippen LogP contribution in [0.1, 0.15) is 5.56 Å². The maximum absolute atomic E-state index is 13.8. The first-order valence-corrected chi connectivity index (χ1v) is 8.40. The van der Waals surface area contributed by atoms with Crippen molar-refractivity contribution in [2.75, 3.05) is 11.6 Å². The van der Waals surface area contributed by atoms with Gasteiger partial charge in [0.05, 0.1) is 21.2 Å². The Labute approximate surface area is 130 Å². The highest BCUT2D eigenvalue weighted by atomic mass is 32.2. The topological polar surface area (TPSA) is 42.0 Å². The molecular weight excluding hydrogens is 299 g/mol. The van der Waals surface area contributed by atoms with E-state index in [9.17, 15) is 8.60 Å². The van der Waals surface area contributed by atoms with E-state index in [1.807, 2.05) is 30.3 Å². The molecule has 0 saturated carbocycles. The smallest absolute Gasteiger partial charge is 0.141 e. The van der Waals surface area contributed by atoms with Crippen LogP contribution in [0.25, 0.3) is 10.9 Å². The number of hydrogen-bond acceptors (Lipinski definition) is 3. The third-order valence-electron chi connectivity index (χ3n) is 3.44. The van der Waals surface area contributed by atoms with Gasteiger partial charge in [0.2, 0.25) is 0 Å². The first-order valence-electron chi connectivity index (χ1n) is 6.84. The van der Waals surface area contributed by atoms with E-state index >= 15 is 0 Å². The van der Waals surface area contributed by atoms with Crippen molar-refractivity contribution >= 4 is 27.4 Å². The molecule has 5 heteroatoms. The number of anilines is 1. The summed E-state index contributed by atoms with van der Waals surface area (Å²) >= 11 is 0. The number of halogens is 1. The van der Waals surface area contributed by atoms with Crippen LogP contribution >= 0.6 is 0 Å². The molecule has 0 aliphatic heterocycles. The predicted octanol–water partition coefficient (Wildman–Crippen LogP) is 3.72. The van der Waals surface area contributed by atoms with E-state index in [1.165, 1.54) is 12.3 Å². The summed E-state index contributed by atoms with van der Waals surface area (Å²) < 4.78 is 25.2. The minimum Gasteiger partial charge on any atom is -0.381 e. The number of nitrogens with one attached hydrogen (secondary N) is 1. The number of fused-ring (bicyclic) bond motifs is 1. The maximum atomic E-state index is 13.8. The molecule has 112 valence electrons. The van der Waals surface area contributed by atoms with E-state index in [0.29, 0.717) is 12.2 Å². The fraction of sp³-hybridized carbons (Fsp3) is 0.118. The van der Waals surface area contributed by atoms with Crippen LogP contribution in [0.5, 0.6) is 0 Å². The lowest BCUT2D eigenvalue weighted by Crippen LogP contribution is -2.02. The molecule has 0 saturated heterocycles. The van der Waals surface area contributed by atoms with Gasteiger partial charge in [0, 0.05) is 30.1 Å². The molecule has 0 spiro atoms. The molecule has 1 unspecified atom stereocenters. The van der Waals surface area contributed by atoms with Gasteiger partial charge >= 0.3 is 0 Å². The van der Waals surface area contributed by atoms with E-state index in [1.54, 1.807) is 18.3 Å². The number of nitrogens with zero attached hydrogens (tertiary/aromatic N) is 1. The number of pyridine rings is 1. The van der Waals surface area contributed by atoms with Crippen molar-refractivity contribution in [2.45, 2.75) is 11.4 Å². The molecule has 0 radical (unpaired) electrons. The van der Waals surface area contributed by atoms with Gasteiger partial charge in [-0.25, -0.2) is 4.39 Å². The minimum atomic E-state index is -1.32. The van der Waals surface area contributed by atoms with Crippen LogP contribution in [0.15, 0.2) is 59.6 Å². The van der Waals surface area contributed by atoms with E-state index < -0.39 is 16.6 Å². The third kappa shape index (κ3) is 2.99. The van der Waals surface area contributed by atoms with Gasteiger partial charge in [0.25, 0.3) is 0 Å². The Morgan fingerprint density at radius 2 is 2.00 bits per heavy atom. The van der Waals surface area contributed by atoms with Crippen LogP contribution in [0.2, 0.25) is 0 Å². The van der Waals surface area contributed by atoms with Crippen LogP contribution in [-0.4, -0.2) is 15.4 Å². The van der Waals surface area contributed by atoms with Crippen molar-refractivity contribution in [3.8, 4) is 0 Å². The van der Waals surface area contributed by atoms with E-state index in [4.69, 9.17) is 0 Å². The standard InChI is InChI=1S/C17H15FN2OS/c1-22(21)16-8-7-14(10-15(16)18)20-11-13-5-2-4-12-6-3-9-19-17(12)13/h2-10,20H,11H2,1H3. The zero-order chi connectivity index (χ0) is 15.5. The summed E-state index contributed by atoms with van der Waals surface area (Å²) in [5, 5.41) is 4.25. The van der Waals surface area contributed by atoms with Crippen LogP contribution in [-0.2, 0) is 17.3 Å².